The number of nitrogens with zero attached hydrogens (tertiary/aromatic N) is 2. The molecule has 2 amide bonds. The van der Waals surface area contributed by atoms with Crippen LogP contribution in [0.4, 0.5) is 4.79 Å². The van der Waals surface area contributed by atoms with Crippen molar-refractivity contribution in [3.63, 3.8) is 0 Å². The van der Waals surface area contributed by atoms with Gasteiger partial charge >= 0.3 is 18.0 Å². The van der Waals surface area contributed by atoms with Crippen LogP contribution in [0, 0.1) is 0 Å². The molecule has 0 aromatic heterocycles. The zero-order valence-corrected chi connectivity index (χ0v) is 11.5. The Kier molecular flexibility index (Phi) is 6.23. The van der Waals surface area contributed by atoms with Gasteiger partial charge in [0.1, 0.15) is 13.1 Å². The Morgan fingerprint density at radius 3 is 2.10 bits per heavy atom. The van der Waals surface area contributed by atoms with E-state index < -0.39 is 31.1 Å². The molecule has 1 aliphatic carbocycles. The zero-order chi connectivity index (χ0) is 15.1. The smallest absolute Gasteiger partial charge is 0.323 e. The largest absolute Gasteiger partial charge is 0.480 e. The van der Waals surface area contributed by atoms with Crippen molar-refractivity contribution in [2.45, 2.75) is 25.8 Å². The van der Waals surface area contributed by atoms with Gasteiger partial charge < -0.3 is 20.4 Å². The maximum Gasteiger partial charge on any atom is 0.323 e. The molecule has 0 bridgehead atoms. The lowest BCUT2D eigenvalue weighted by atomic mass is 10.4. The highest BCUT2D eigenvalue weighted by molar-refractivity contribution is 5.84. The van der Waals surface area contributed by atoms with Crippen LogP contribution in [0.25, 0.3) is 0 Å². The summed E-state index contributed by atoms with van der Waals surface area (Å²) in [6, 6.07) is -0.0762. The second-order valence-corrected chi connectivity index (χ2v) is 4.74. The minimum atomic E-state index is -1.24. The molecule has 0 spiro atoms. The van der Waals surface area contributed by atoms with Crippen LogP contribution in [0.2, 0.25) is 0 Å². The summed E-state index contributed by atoms with van der Waals surface area (Å²) >= 11 is 0. The lowest BCUT2D eigenvalue weighted by molar-refractivity contribution is -0.140. The van der Waals surface area contributed by atoms with Crippen LogP contribution in [0.3, 0.4) is 0 Å². The molecular formula is C12H21N3O5. The number of hydrogen-bond acceptors (Lipinski definition) is 4. The Hall–Kier alpha value is -1.83. The number of rotatable bonds is 9. The molecule has 0 saturated heterocycles. The quantitative estimate of drug-likeness (QED) is 0.535. The van der Waals surface area contributed by atoms with Crippen LogP contribution in [0.1, 0.15) is 19.8 Å². The van der Waals surface area contributed by atoms with Crippen LogP contribution in [0.15, 0.2) is 0 Å². The molecule has 0 atom stereocenters. The predicted molar refractivity (Wildman–Crippen MR) is 70.5 cm³/mol. The molecule has 8 nitrogen and oxygen atoms in total. The molecule has 0 aliphatic heterocycles. The number of carboxylic acid groups (broad SMARTS) is 2. The van der Waals surface area contributed by atoms with Crippen molar-refractivity contribution in [3.05, 3.63) is 0 Å². The molecule has 0 radical (unpaired) electrons. The van der Waals surface area contributed by atoms with Gasteiger partial charge in [0.15, 0.2) is 0 Å². The van der Waals surface area contributed by atoms with Gasteiger partial charge in [0.2, 0.25) is 0 Å². The Balaban J connectivity index is 2.36. The first kappa shape index (κ1) is 16.2. The number of urea groups is 1. The number of likely N-dealkylation sites (N-methyl/N-ethyl adjacent to an activating group) is 1. The fourth-order valence-electron chi connectivity index (χ4n) is 1.98. The molecule has 0 unspecified atom stereocenters. The van der Waals surface area contributed by atoms with Gasteiger partial charge in [-0.25, -0.2) is 4.79 Å². The number of nitrogens with one attached hydrogen (secondary N) is 1. The van der Waals surface area contributed by atoms with Gasteiger partial charge in [-0.05, 0) is 19.4 Å². The second kappa shape index (κ2) is 7.68. The Labute approximate surface area is 117 Å². The molecule has 3 N–H and O–H groups in total. The van der Waals surface area contributed by atoms with Crippen LogP contribution in [-0.2, 0) is 9.59 Å². The normalized spacial score (nSPS) is 14.1. The van der Waals surface area contributed by atoms with Crippen molar-refractivity contribution >= 4 is 18.0 Å². The third-order valence-electron chi connectivity index (χ3n) is 3.08. The first-order valence-corrected chi connectivity index (χ1v) is 6.64. The van der Waals surface area contributed by atoms with Gasteiger partial charge in [-0.15, -0.1) is 0 Å². The van der Waals surface area contributed by atoms with Gasteiger partial charge in [-0.2, -0.15) is 0 Å². The molecule has 1 fully saturated rings. The summed E-state index contributed by atoms with van der Waals surface area (Å²) in [4.78, 5) is 35.9. The average Bonchev–Trinajstić information content (AvgIpc) is 3.16. The van der Waals surface area contributed by atoms with Crippen molar-refractivity contribution in [2.75, 3.05) is 32.7 Å². The Morgan fingerprint density at radius 2 is 1.70 bits per heavy atom. The maximum atomic E-state index is 11.7. The molecular weight excluding hydrogens is 266 g/mol. The number of amides is 2. The zero-order valence-electron chi connectivity index (χ0n) is 11.5. The number of aliphatic carboxylic acids is 2. The molecule has 20 heavy (non-hydrogen) atoms. The third-order valence-corrected chi connectivity index (χ3v) is 3.08. The minimum absolute atomic E-state index is 0.374. The SMILES string of the molecule is CCN(CCNC(=O)N(CC(=O)O)CC(=O)O)C1CC1. The molecule has 1 rings (SSSR count). The molecule has 1 saturated carbocycles. The van der Waals surface area contributed by atoms with E-state index in [4.69, 9.17) is 10.2 Å². The van der Waals surface area contributed by atoms with Crippen molar-refractivity contribution in [2.24, 2.45) is 0 Å². The summed E-state index contributed by atoms with van der Waals surface area (Å²) < 4.78 is 0. The van der Waals surface area contributed by atoms with Crippen LogP contribution in [-0.4, -0.2) is 76.7 Å². The van der Waals surface area contributed by atoms with E-state index in [1.807, 2.05) is 6.92 Å². The molecule has 0 heterocycles. The predicted octanol–water partition coefficient (Wildman–Crippen LogP) is -0.348. The van der Waals surface area contributed by atoms with Crippen molar-refractivity contribution in [1.29, 1.82) is 0 Å². The summed E-state index contributed by atoms with van der Waals surface area (Å²) in [6.07, 6.45) is 2.35. The average molecular weight is 287 g/mol. The van der Waals surface area contributed by atoms with E-state index in [2.05, 4.69) is 10.2 Å². The van der Waals surface area contributed by atoms with Gasteiger partial charge in [0.25, 0.3) is 0 Å². The lowest BCUT2D eigenvalue weighted by Gasteiger charge is -2.22. The van der Waals surface area contributed by atoms with Crippen molar-refractivity contribution < 1.29 is 24.6 Å². The van der Waals surface area contributed by atoms with E-state index in [0.29, 0.717) is 19.1 Å². The highest BCUT2D eigenvalue weighted by Crippen LogP contribution is 2.25. The van der Waals surface area contributed by atoms with Gasteiger partial charge in [-0.3, -0.25) is 14.5 Å². The third kappa shape index (κ3) is 5.87. The maximum absolute atomic E-state index is 11.7. The lowest BCUT2D eigenvalue weighted by Crippen LogP contribution is -2.47. The van der Waals surface area contributed by atoms with Crippen LogP contribution < -0.4 is 5.32 Å². The van der Waals surface area contributed by atoms with Crippen LogP contribution >= 0.6 is 0 Å². The minimum Gasteiger partial charge on any atom is -0.480 e. The fourth-order valence-corrected chi connectivity index (χ4v) is 1.98. The topological polar surface area (TPSA) is 110 Å². The first-order valence-electron chi connectivity index (χ1n) is 6.64. The summed E-state index contributed by atoms with van der Waals surface area (Å²) in [6.45, 7) is 2.74. The highest BCUT2D eigenvalue weighted by atomic mass is 16.4. The fraction of sp³-hybridized carbons (Fsp3) is 0.750. The molecule has 0 aromatic rings. The second-order valence-electron chi connectivity index (χ2n) is 4.74. The Morgan fingerprint density at radius 1 is 1.15 bits per heavy atom. The van der Waals surface area contributed by atoms with E-state index >= 15 is 0 Å². The van der Waals surface area contributed by atoms with E-state index in [-0.39, 0.29) is 0 Å². The Bertz CT molecular complexity index is 354. The van der Waals surface area contributed by atoms with Gasteiger partial charge in [-0.1, -0.05) is 6.92 Å². The summed E-state index contributed by atoms with van der Waals surface area (Å²) in [5.41, 5.74) is 0. The number of carbonyl (C=O) groups excluding carboxylic acids is 1. The number of carbonyl (C=O) groups is 3. The number of carboxylic acids is 2. The van der Waals surface area contributed by atoms with Crippen LogP contribution in [0.5, 0.6) is 0 Å². The molecule has 1 aliphatic rings. The number of hydrogen-bond donors (Lipinski definition) is 3. The monoisotopic (exact) mass is 287 g/mol. The highest BCUT2D eigenvalue weighted by Gasteiger charge is 2.27. The van der Waals surface area contributed by atoms with E-state index in [1.54, 1.807) is 0 Å². The standard InChI is InChI=1S/C12H21N3O5/c1-2-14(9-3-4-9)6-5-13-12(20)15(7-10(16)17)8-11(18)19/h9H,2-8H2,1H3,(H,13,20)(H,16,17)(H,18,19). The first-order chi connectivity index (χ1) is 9.43. The molecule has 114 valence electrons. The summed E-state index contributed by atoms with van der Waals surface area (Å²) in [5, 5.41) is 19.9. The molecule has 8 heteroatoms. The van der Waals surface area contributed by atoms with Crippen molar-refractivity contribution in [3.8, 4) is 0 Å². The van der Waals surface area contributed by atoms with Crippen molar-refractivity contribution in [1.82, 2.24) is 15.1 Å². The van der Waals surface area contributed by atoms with Gasteiger partial charge in [0, 0.05) is 19.1 Å². The van der Waals surface area contributed by atoms with E-state index in [9.17, 15) is 14.4 Å². The summed E-state index contributed by atoms with van der Waals surface area (Å²) in [7, 11) is 0. The van der Waals surface area contributed by atoms with Gasteiger partial charge in [0.05, 0.1) is 0 Å². The van der Waals surface area contributed by atoms with E-state index in [0.717, 1.165) is 11.4 Å². The van der Waals surface area contributed by atoms with E-state index in [1.165, 1.54) is 12.8 Å². The molecule has 0 aromatic carbocycles. The summed E-state index contributed by atoms with van der Waals surface area (Å²) in [5.74, 6) is -2.48.